The summed E-state index contributed by atoms with van der Waals surface area (Å²) in [5.41, 5.74) is 16.6. The predicted molar refractivity (Wildman–Crippen MR) is 276 cm³/mol. The Morgan fingerprint density at radius 3 is 1.50 bits per heavy atom. The Balaban J connectivity index is 1.04. The molecule has 0 radical (unpaired) electrons. The Bertz CT molecular complexity index is 3460. The first kappa shape index (κ1) is 38.1. The molecule has 12 rings (SSSR count). The summed E-state index contributed by atoms with van der Waals surface area (Å²) in [5, 5.41) is 8.05. The van der Waals surface area contributed by atoms with Crippen LogP contribution in [0.5, 0.6) is 0 Å². The van der Waals surface area contributed by atoms with Gasteiger partial charge in [-0.25, -0.2) is 0 Å². The molecule has 10 aromatic carbocycles. The summed E-state index contributed by atoms with van der Waals surface area (Å²) < 4.78 is 0. The van der Waals surface area contributed by atoms with Gasteiger partial charge >= 0.3 is 0 Å². The molecule has 0 saturated heterocycles. The van der Waals surface area contributed by atoms with Crippen molar-refractivity contribution in [2.24, 2.45) is 0 Å². The van der Waals surface area contributed by atoms with E-state index in [1.54, 1.807) is 0 Å². The molecule has 0 amide bonds. The van der Waals surface area contributed by atoms with Crippen LogP contribution >= 0.6 is 8.19 Å². The summed E-state index contributed by atoms with van der Waals surface area (Å²) in [6.07, 6.45) is 0. The lowest BCUT2D eigenvalue weighted by Gasteiger charge is -2.30. The van der Waals surface area contributed by atoms with E-state index in [0.29, 0.717) is 8.19 Å². The number of fused-ring (bicyclic) bond motifs is 8. The minimum Gasteiger partial charge on any atom is -0.310 e. The second-order valence-electron chi connectivity index (χ2n) is 17.5. The summed E-state index contributed by atoms with van der Waals surface area (Å²) in [6.45, 7) is 4.83. The van der Waals surface area contributed by atoms with Crippen molar-refractivity contribution < 1.29 is 0 Å². The third-order valence-electron chi connectivity index (χ3n) is 13.3. The Kier molecular flexibility index (Phi) is 9.11. The van der Waals surface area contributed by atoms with E-state index in [2.05, 4.69) is 254 Å². The minimum absolute atomic E-state index is 0.299. The Hall–Kier alpha value is -7.64. The van der Waals surface area contributed by atoms with Gasteiger partial charge in [-0.2, -0.15) is 0 Å². The fraction of sp³-hybridized carbons (Fsp3) is 0.0492. The van der Waals surface area contributed by atoms with Crippen molar-refractivity contribution in [2.75, 3.05) is 9.80 Å². The maximum Gasteiger partial charge on any atom is 0.0543 e. The van der Waals surface area contributed by atoms with E-state index in [1.165, 1.54) is 87.7 Å². The van der Waals surface area contributed by atoms with Crippen LogP contribution in [0.1, 0.15) is 25.0 Å². The maximum absolute atomic E-state index is 2.50. The molecule has 0 fully saturated rings. The van der Waals surface area contributed by atoms with Gasteiger partial charge in [-0.05, 0) is 139 Å². The van der Waals surface area contributed by atoms with E-state index in [9.17, 15) is 0 Å². The summed E-state index contributed by atoms with van der Waals surface area (Å²) in [5.74, 6) is 0. The molecule has 2 nitrogen and oxygen atoms in total. The molecule has 1 aliphatic rings. The monoisotopic (exact) mass is 836 g/mol. The van der Waals surface area contributed by atoms with Gasteiger partial charge in [0, 0.05) is 44.4 Å². The van der Waals surface area contributed by atoms with Crippen LogP contribution in [0.25, 0.3) is 65.2 Å². The normalized spacial score (nSPS) is 12.8. The van der Waals surface area contributed by atoms with Gasteiger partial charge in [0.1, 0.15) is 0 Å². The van der Waals surface area contributed by atoms with Crippen molar-refractivity contribution in [2.45, 2.75) is 19.3 Å². The Labute approximate surface area is 376 Å². The summed E-state index contributed by atoms with van der Waals surface area (Å²) >= 11 is 0. The third kappa shape index (κ3) is 6.33. The first-order valence-electron chi connectivity index (χ1n) is 22.2. The van der Waals surface area contributed by atoms with Gasteiger partial charge in [-0.3, -0.25) is 0 Å². The van der Waals surface area contributed by atoms with Crippen LogP contribution in [-0.4, -0.2) is 0 Å². The highest BCUT2D eigenvalue weighted by molar-refractivity contribution is 7.43. The molecule has 1 atom stereocenters. The zero-order chi connectivity index (χ0) is 42.8. The number of rotatable bonds is 8. The van der Waals surface area contributed by atoms with Gasteiger partial charge in [0.2, 0.25) is 0 Å². The smallest absolute Gasteiger partial charge is 0.0543 e. The minimum atomic E-state index is -0.299. The van der Waals surface area contributed by atoms with Crippen LogP contribution in [-0.2, 0) is 5.41 Å². The highest BCUT2D eigenvalue weighted by Gasteiger charge is 2.38. The van der Waals surface area contributed by atoms with Crippen molar-refractivity contribution in [3.05, 3.63) is 242 Å². The molecule has 11 aromatic rings. The second-order valence-corrected chi connectivity index (χ2v) is 18.8. The van der Waals surface area contributed by atoms with Crippen LogP contribution < -0.4 is 9.80 Å². The van der Waals surface area contributed by atoms with E-state index in [4.69, 9.17) is 0 Å². The van der Waals surface area contributed by atoms with Gasteiger partial charge in [0.15, 0.2) is 0 Å². The highest BCUT2D eigenvalue weighted by atomic mass is 31.0. The van der Waals surface area contributed by atoms with Gasteiger partial charge < -0.3 is 9.80 Å². The molecule has 1 aliphatic carbocycles. The average molecular weight is 837 g/mol. The molecule has 0 saturated carbocycles. The first-order valence-corrected chi connectivity index (χ1v) is 23.2. The number of para-hydroxylation sites is 2. The molecule has 3 heteroatoms. The molecule has 1 aromatic heterocycles. The third-order valence-corrected chi connectivity index (χ3v) is 14.7. The SMILES string of the molecule is CC1(C)c2cc(N(c3ccccc3)c3cc(-c4ccccc4)cc(-c4ccccc4)c3)ccc2-c2c1cc(N(c1ccccc1)c1ccc3c(c1)[pH]c1ccccc13)c1ccccc21. The van der Waals surface area contributed by atoms with Crippen LogP contribution in [0.15, 0.2) is 231 Å². The van der Waals surface area contributed by atoms with Crippen LogP contribution in [0.4, 0.5) is 34.1 Å². The molecular weight excluding hydrogens is 792 g/mol. The van der Waals surface area contributed by atoms with Crippen molar-refractivity contribution >= 4 is 74.1 Å². The topological polar surface area (TPSA) is 6.48 Å². The van der Waals surface area contributed by atoms with E-state index in [0.717, 1.165) is 22.7 Å². The molecule has 0 bridgehead atoms. The van der Waals surface area contributed by atoms with Crippen LogP contribution in [0.2, 0.25) is 0 Å². The lowest BCUT2D eigenvalue weighted by Crippen LogP contribution is -2.18. The summed E-state index contributed by atoms with van der Waals surface area (Å²) in [6, 6.07) is 84.9. The molecule has 0 spiro atoms. The Morgan fingerprint density at radius 2 is 0.844 bits per heavy atom. The van der Waals surface area contributed by atoms with Crippen LogP contribution in [0, 0.1) is 0 Å². The lowest BCUT2D eigenvalue weighted by molar-refractivity contribution is 0.661. The number of anilines is 6. The van der Waals surface area contributed by atoms with E-state index in [1.807, 2.05) is 0 Å². The second kappa shape index (κ2) is 15.3. The number of nitrogens with zero attached hydrogens (tertiary/aromatic N) is 2. The number of hydrogen-bond acceptors (Lipinski definition) is 2. The quantitative estimate of drug-likeness (QED) is 0.150. The fourth-order valence-electron chi connectivity index (χ4n) is 10.2. The highest BCUT2D eigenvalue weighted by Crippen LogP contribution is 2.56. The van der Waals surface area contributed by atoms with E-state index in [-0.39, 0.29) is 5.41 Å². The summed E-state index contributed by atoms with van der Waals surface area (Å²) in [4.78, 5) is 4.92. The van der Waals surface area contributed by atoms with Crippen molar-refractivity contribution in [1.82, 2.24) is 0 Å². The van der Waals surface area contributed by atoms with Crippen molar-refractivity contribution in [1.29, 1.82) is 0 Å². The Morgan fingerprint density at radius 1 is 0.328 bits per heavy atom. The molecule has 0 aliphatic heterocycles. The molecule has 0 N–H and O–H groups in total. The first-order chi connectivity index (χ1) is 31.5. The lowest BCUT2D eigenvalue weighted by atomic mass is 9.81. The van der Waals surface area contributed by atoms with Gasteiger partial charge in [-0.1, -0.05) is 172 Å². The molecule has 64 heavy (non-hydrogen) atoms. The van der Waals surface area contributed by atoms with Crippen molar-refractivity contribution in [3.63, 3.8) is 0 Å². The van der Waals surface area contributed by atoms with Gasteiger partial charge in [-0.15, -0.1) is 8.19 Å². The predicted octanol–water partition coefficient (Wildman–Crippen LogP) is 17.8. The molecule has 1 heterocycles. The summed E-state index contributed by atoms with van der Waals surface area (Å²) in [7, 11) is 0.639. The largest absolute Gasteiger partial charge is 0.310 e. The number of hydrogen-bond donors (Lipinski definition) is 0. The average Bonchev–Trinajstić information content (AvgIpc) is 3.83. The zero-order valence-electron chi connectivity index (χ0n) is 35.8. The fourth-order valence-corrected chi connectivity index (χ4v) is 11.6. The maximum atomic E-state index is 2.50. The van der Waals surface area contributed by atoms with Crippen LogP contribution in [0.3, 0.4) is 0 Å². The molecule has 1 unspecified atom stereocenters. The molecular formula is C61H45N2P. The van der Waals surface area contributed by atoms with E-state index < -0.39 is 0 Å². The van der Waals surface area contributed by atoms with Crippen molar-refractivity contribution in [3.8, 4) is 33.4 Å². The van der Waals surface area contributed by atoms with E-state index >= 15 is 0 Å². The number of benzene rings is 10. The standard InChI is InChI=1S/C61H45N2P/c1-61(2)55-38-47(62(45-23-11-5-12-24-45)49-36-43(41-19-7-3-8-20-41)35-44(37-49)42-21-9-4-10-22-42)32-34-54(55)60-53-29-16-15-27-50(53)57(40-56(60)61)63(46-25-13-6-14-26-46)48-31-33-52-51-28-17-18-30-58(51)64-59(52)39-48/h3-40,64H,1-2H3. The van der Waals surface area contributed by atoms with Gasteiger partial charge in [0.05, 0.1) is 5.69 Å². The molecule has 304 valence electrons. The van der Waals surface area contributed by atoms with Gasteiger partial charge in [0.25, 0.3) is 0 Å². The zero-order valence-corrected chi connectivity index (χ0v) is 36.8.